The van der Waals surface area contributed by atoms with Crippen molar-refractivity contribution in [1.82, 2.24) is 0 Å². The second-order valence-electron chi connectivity index (χ2n) is 23.3. The van der Waals surface area contributed by atoms with Gasteiger partial charge in [0.2, 0.25) is 0 Å². The van der Waals surface area contributed by atoms with Gasteiger partial charge in [-0.05, 0) is 150 Å². The summed E-state index contributed by atoms with van der Waals surface area (Å²) in [5.41, 5.74) is 3.98. The minimum atomic E-state index is 0.547. The summed E-state index contributed by atoms with van der Waals surface area (Å²) in [5, 5.41) is 0. The van der Waals surface area contributed by atoms with Crippen molar-refractivity contribution >= 4 is 0 Å². The van der Waals surface area contributed by atoms with Crippen LogP contribution in [0.25, 0.3) is 0 Å². The summed E-state index contributed by atoms with van der Waals surface area (Å²) in [5.74, 6) is 6.22. The van der Waals surface area contributed by atoms with Gasteiger partial charge in [-0.2, -0.15) is 0 Å². The van der Waals surface area contributed by atoms with Crippen LogP contribution in [0.15, 0.2) is 0 Å². The monoisotopic (exact) mass is 615 g/mol. The molecule has 0 aromatic rings. The molecule has 2 bridgehead atoms. The molecule has 5 aliphatic rings. The molecule has 0 nitrogen and oxygen atoms in total. The van der Waals surface area contributed by atoms with Crippen molar-refractivity contribution in [2.45, 2.75) is 208 Å². The molecule has 0 saturated heterocycles. The molecule has 0 aromatic carbocycles. The van der Waals surface area contributed by atoms with Crippen LogP contribution in [0.4, 0.5) is 0 Å². The lowest BCUT2D eigenvalue weighted by molar-refractivity contribution is 0.0203. The Morgan fingerprint density at radius 2 is 0.682 bits per heavy atom. The van der Waals surface area contributed by atoms with E-state index in [2.05, 4.69) is 125 Å². The van der Waals surface area contributed by atoms with Crippen LogP contribution >= 0.6 is 0 Å². The fraction of sp³-hybridized carbons (Fsp3) is 1.00. The summed E-state index contributed by atoms with van der Waals surface area (Å²) in [7, 11) is 0. The van der Waals surface area contributed by atoms with Crippen molar-refractivity contribution in [2.24, 2.45) is 73.4 Å². The summed E-state index contributed by atoms with van der Waals surface area (Å²) in [6.07, 6.45) is 18.6. The first-order valence-electron chi connectivity index (χ1n) is 19.6. The lowest BCUT2D eigenvalue weighted by Crippen LogP contribution is -2.38. The molecule has 5 rings (SSSR count). The molecule has 0 amide bonds. The van der Waals surface area contributed by atoms with Crippen LogP contribution in [-0.4, -0.2) is 0 Å². The highest BCUT2D eigenvalue weighted by Gasteiger charge is 2.43. The minimum Gasteiger partial charge on any atom is -0.0651 e. The Labute approximate surface area is 280 Å². The first-order chi connectivity index (χ1) is 19.6. The number of fused-ring (bicyclic) bond motifs is 2. The average molecular weight is 615 g/mol. The van der Waals surface area contributed by atoms with Crippen LogP contribution in [0.2, 0.25) is 0 Å². The van der Waals surface area contributed by atoms with Crippen molar-refractivity contribution in [3.63, 3.8) is 0 Å². The van der Waals surface area contributed by atoms with Gasteiger partial charge in [-0.1, -0.05) is 131 Å². The van der Waals surface area contributed by atoms with Crippen LogP contribution in [0.3, 0.4) is 0 Å². The van der Waals surface area contributed by atoms with Gasteiger partial charge in [0.15, 0.2) is 0 Å². The Morgan fingerprint density at radius 1 is 0.409 bits per heavy atom. The standard InChI is InChI=1S/2C12H24.C11H22.C9H16/c1-10(2)7-11(3,4)9-12(5,6)8-10;1-6-10-7-11(2,3)9-12(4,5)8-10;1-9-6-10(2,3)8-11(4,5)7-9;1-6-7(2)9-4-3-8(6)5-9/h7-9H2,1-6H3;10H,6-9H2,1-5H3;9H,6-8H2,1-5H3;6-9H,3-5H2,1-2H3/t;;;6-,7?,8?,9?/m...0/s1. The number of hydrogen-bond donors (Lipinski definition) is 0. The molecule has 262 valence electrons. The van der Waals surface area contributed by atoms with Gasteiger partial charge in [0.1, 0.15) is 0 Å². The van der Waals surface area contributed by atoms with Gasteiger partial charge < -0.3 is 0 Å². The molecule has 0 heteroatoms. The van der Waals surface area contributed by atoms with Crippen molar-refractivity contribution in [3.05, 3.63) is 0 Å². The molecule has 0 aliphatic heterocycles. The summed E-state index contributed by atoms with van der Waals surface area (Å²) in [6, 6.07) is 0. The van der Waals surface area contributed by atoms with Gasteiger partial charge in [0, 0.05) is 0 Å². The third kappa shape index (κ3) is 13.2. The fourth-order valence-electron chi connectivity index (χ4n) is 13.7. The quantitative estimate of drug-likeness (QED) is 0.275. The fourth-order valence-corrected chi connectivity index (χ4v) is 13.7. The molecule has 0 aromatic heterocycles. The number of hydrogen-bond acceptors (Lipinski definition) is 0. The topological polar surface area (TPSA) is 0 Å². The molecule has 4 atom stereocenters. The highest BCUT2D eigenvalue weighted by Crippen LogP contribution is 2.54. The molecule has 0 N–H and O–H groups in total. The maximum atomic E-state index is 2.44. The Balaban J connectivity index is 0.000000205. The first-order valence-corrected chi connectivity index (χ1v) is 19.6. The van der Waals surface area contributed by atoms with Gasteiger partial charge in [-0.3, -0.25) is 0 Å². The maximum Gasteiger partial charge on any atom is -0.0344 e. The van der Waals surface area contributed by atoms with Crippen molar-refractivity contribution < 1.29 is 0 Å². The predicted molar refractivity (Wildman–Crippen MR) is 200 cm³/mol. The smallest absolute Gasteiger partial charge is 0.0344 e. The zero-order chi connectivity index (χ0) is 34.2. The molecular formula is C44H86. The molecule has 5 saturated carbocycles. The second-order valence-corrected chi connectivity index (χ2v) is 23.3. The Bertz CT molecular complexity index is 780. The second kappa shape index (κ2) is 14.2. The highest BCUT2D eigenvalue weighted by atomic mass is 14.5. The van der Waals surface area contributed by atoms with E-state index < -0.39 is 0 Å². The summed E-state index contributed by atoms with van der Waals surface area (Å²) < 4.78 is 0. The van der Waals surface area contributed by atoms with E-state index >= 15 is 0 Å². The molecule has 5 fully saturated rings. The minimum absolute atomic E-state index is 0.547. The van der Waals surface area contributed by atoms with Crippen molar-refractivity contribution in [3.8, 4) is 0 Å². The third-order valence-electron chi connectivity index (χ3n) is 12.7. The van der Waals surface area contributed by atoms with Gasteiger partial charge in [-0.15, -0.1) is 0 Å². The zero-order valence-corrected chi connectivity index (χ0v) is 34.2. The largest absolute Gasteiger partial charge is 0.0651 e. The van der Waals surface area contributed by atoms with Crippen LogP contribution in [0, 0.1) is 73.4 Å². The molecule has 3 unspecified atom stereocenters. The van der Waals surface area contributed by atoms with E-state index in [4.69, 9.17) is 0 Å². The number of rotatable bonds is 1. The highest BCUT2D eigenvalue weighted by molar-refractivity contribution is 4.94. The molecule has 5 aliphatic carbocycles. The molecule has 0 radical (unpaired) electrons. The molecule has 0 spiro atoms. The Kier molecular flexibility index (Phi) is 13.0. The van der Waals surface area contributed by atoms with E-state index in [-0.39, 0.29) is 0 Å². The van der Waals surface area contributed by atoms with Crippen LogP contribution < -0.4 is 0 Å². The Hall–Kier alpha value is 0. The van der Waals surface area contributed by atoms with Gasteiger partial charge in [0.05, 0.1) is 0 Å². The summed E-state index contributed by atoms with van der Waals surface area (Å²) in [4.78, 5) is 0. The van der Waals surface area contributed by atoms with E-state index in [1.54, 1.807) is 6.42 Å². The maximum absolute atomic E-state index is 2.44. The predicted octanol–water partition coefficient (Wildman–Crippen LogP) is 15.0. The van der Waals surface area contributed by atoms with Crippen molar-refractivity contribution in [2.75, 3.05) is 0 Å². The van der Waals surface area contributed by atoms with E-state index in [1.165, 1.54) is 77.0 Å². The van der Waals surface area contributed by atoms with Crippen LogP contribution in [0.1, 0.15) is 208 Å². The lowest BCUT2D eigenvalue weighted by atomic mass is 9.56. The van der Waals surface area contributed by atoms with E-state index in [1.807, 2.05) is 0 Å². The van der Waals surface area contributed by atoms with Gasteiger partial charge >= 0.3 is 0 Å². The van der Waals surface area contributed by atoms with E-state index in [9.17, 15) is 0 Å². The van der Waals surface area contributed by atoms with E-state index in [0.717, 1.165) is 35.5 Å². The molecule has 44 heavy (non-hydrogen) atoms. The molecular weight excluding hydrogens is 528 g/mol. The first kappa shape index (κ1) is 40.2. The Morgan fingerprint density at radius 3 is 0.909 bits per heavy atom. The van der Waals surface area contributed by atoms with Crippen molar-refractivity contribution in [1.29, 1.82) is 0 Å². The van der Waals surface area contributed by atoms with E-state index in [0.29, 0.717) is 37.9 Å². The molecule has 0 heterocycles. The summed E-state index contributed by atoms with van der Waals surface area (Å²) in [6.45, 7) is 43.4. The normalized spacial score (nSPS) is 35.6. The zero-order valence-electron chi connectivity index (χ0n) is 34.2. The van der Waals surface area contributed by atoms with Gasteiger partial charge in [0.25, 0.3) is 0 Å². The third-order valence-corrected chi connectivity index (χ3v) is 12.7. The van der Waals surface area contributed by atoms with Gasteiger partial charge in [-0.25, -0.2) is 0 Å². The van der Waals surface area contributed by atoms with Crippen LogP contribution in [0.5, 0.6) is 0 Å². The summed E-state index contributed by atoms with van der Waals surface area (Å²) >= 11 is 0. The van der Waals surface area contributed by atoms with Crippen LogP contribution in [-0.2, 0) is 0 Å². The SMILES string of the molecule is CC1(C)CC(C)(C)CC(C)(C)C1.CC1C2CCC(C2)[C@H]1C.CC1CC(C)(C)CC(C)(C)C1.CCC1CC(C)(C)CC(C)(C)C1. The average Bonchev–Trinajstić information content (AvgIpc) is 3.30. The lowest BCUT2D eigenvalue weighted by Gasteiger charge is -2.49.